The van der Waals surface area contributed by atoms with Gasteiger partial charge in [0.05, 0.1) is 0 Å². The van der Waals surface area contributed by atoms with Crippen LogP contribution in [0.4, 0.5) is 0 Å². The normalized spacial score (nSPS) is 9.94. The second-order valence-electron chi connectivity index (χ2n) is 9.32. The van der Waals surface area contributed by atoms with Crippen molar-refractivity contribution < 1.29 is 39.3 Å². The van der Waals surface area contributed by atoms with Crippen molar-refractivity contribution in [2.75, 3.05) is 0 Å². The molecule has 0 aromatic carbocycles. The van der Waals surface area contributed by atoms with E-state index < -0.39 is 11.9 Å². The predicted octanol–water partition coefficient (Wildman–Crippen LogP) is 6.49. The Morgan fingerprint density at radius 2 is 0.588 bits per heavy atom. The van der Waals surface area contributed by atoms with Crippen LogP contribution in [0.3, 0.4) is 0 Å². The molecule has 0 spiro atoms. The fourth-order valence-corrected chi connectivity index (χ4v) is 3.87. The number of carbonyl (C=O) groups excluding carboxylic acids is 2. The van der Waals surface area contributed by atoms with Gasteiger partial charge in [0, 0.05) is 11.9 Å². The van der Waals surface area contributed by atoms with Gasteiger partial charge in [-0.25, -0.2) is 0 Å². The van der Waals surface area contributed by atoms with Gasteiger partial charge in [0.2, 0.25) is 0 Å². The second kappa shape index (κ2) is 37.6. The van der Waals surface area contributed by atoms with Crippen LogP contribution in [0, 0.1) is 0 Å². The summed E-state index contributed by atoms with van der Waals surface area (Å²) in [4.78, 5) is 20.3. The van der Waals surface area contributed by atoms with Gasteiger partial charge >= 0.3 is 36.8 Å². The maximum Gasteiger partial charge on any atom is 3.00 e. The van der Waals surface area contributed by atoms with Crippen molar-refractivity contribution in [1.82, 2.24) is 0 Å². The van der Waals surface area contributed by atoms with E-state index in [1.54, 1.807) is 0 Å². The van der Waals surface area contributed by atoms with Crippen molar-refractivity contribution in [3.63, 3.8) is 0 Å². The van der Waals surface area contributed by atoms with Crippen molar-refractivity contribution in [3.8, 4) is 0 Å². The average Bonchev–Trinajstić information content (AvgIpc) is 2.76. The van der Waals surface area contributed by atoms with Crippen LogP contribution < -0.4 is 10.2 Å². The maximum absolute atomic E-state index is 10.1. The topological polar surface area (TPSA) is 80.3 Å². The Hall–Kier alpha value is 0.0958. The molecule has 34 heavy (non-hydrogen) atoms. The first kappa shape index (κ1) is 41.2. The summed E-state index contributed by atoms with van der Waals surface area (Å²) in [6.45, 7) is 4.49. The van der Waals surface area contributed by atoms with Crippen molar-refractivity contribution in [3.05, 3.63) is 0 Å². The summed E-state index contributed by atoms with van der Waals surface area (Å²) in [7, 11) is 0. The van der Waals surface area contributed by atoms with Crippen LogP contribution in [-0.4, -0.2) is 29.3 Å². The second-order valence-corrected chi connectivity index (χ2v) is 9.32. The molecule has 0 atom stereocenters. The number of carboxylic acid groups (broad SMARTS) is 2. The first-order valence-electron chi connectivity index (χ1n) is 13.9. The molecule has 0 radical (unpaired) electrons. The molecule has 0 aromatic heterocycles. The number of rotatable bonds is 24. The molecule has 0 fully saturated rings. The van der Waals surface area contributed by atoms with Crippen molar-refractivity contribution >= 4 is 29.3 Å². The van der Waals surface area contributed by atoms with E-state index in [9.17, 15) is 19.8 Å². The molecule has 192 valence electrons. The molecule has 0 saturated carbocycles. The molecule has 0 aliphatic carbocycles. The van der Waals surface area contributed by atoms with Crippen LogP contribution in [0.25, 0.3) is 0 Å². The van der Waals surface area contributed by atoms with Crippen LogP contribution in [-0.2, 0) is 29.1 Å². The Morgan fingerprint density at radius 3 is 0.765 bits per heavy atom. The van der Waals surface area contributed by atoms with Gasteiger partial charge in [-0.15, -0.1) is 0 Å². The third-order valence-electron chi connectivity index (χ3n) is 5.97. The van der Waals surface area contributed by atoms with Crippen LogP contribution in [0.1, 0.15) is 168 Å². The summed E-state index contributed by atoms with van der Waals surface area (Å²) in [5, 5.41) is 20.3. The predicted molar refractivity (Wildman–Crippen MR) is 138 cm³/mol. The van der Waals surface area contributed by atoms with Gasteiger partial charge in [0.15, 0.2) is 0 Å². The molecule has 0 aliphatic heterocycles. The standard InChI is InChI=1S/2C14H28O2.Al.Zn/c2*1-2-3-4-5-6-7-8-9-10-11-12-13-14(15)16;;/h2*2-13H2,1H3,(H,15,16);;/q;;+3;+2/p-2. The van der Waals surface area contributed by atoms with Gasteiger partial charge < -0.3 is 19.8 Å². The zero-order valence-corrected chi connectivity index (χ0v) is 27.0. The van der Waals surface area contributed by atoms with E-state index >= 15 is 0 Å². The minimum absolute atomic E-state index is 0. The maximum atomic E-state index is 10.1. The van der Waals surface area contributed by atoms with E-state index in [-0.39, 0.29) is 49.7 Å². The van der Waals surface area contributed by atoms with Crippen LogP contribution in [0.15, 0.2) is 0 Å². The van der Waals surface area contributed by atoms with Gasteiger partial charge in [-0.3, -0.25) is 0 Å². The van der Waals surface area contributed by atoms with E-state index in [1.165, 1.54) is 116 Å². The molecule has 0 unspecified atom stereocenters. The molecule has 0 amide bonds. The van der Waals surface area contributed by atoms with Crippen LogP contribution in [0.2, 0.25) is 0 Å². The first-order chi connectivity index (χ1) is 15.5. The van der Waals surface area contributed by atoms with Crippen molar-refractivity contribution in [1.29, 1.82) is 0 Å². The summed E-state index contributed by atoms with van der Waals surface area (Å²) < 4.78 is 0. The Bertz CT molecular complexity index is 359. The molecule has 0 rings (SSSR count). The minimum atomic E-state index is -0.907. The summed E-state index contributed by atoms with van der Waals surface area (Å²) >= 11 is 0. The molecular weight excluding hydrogens is 493 g/mol. The molecule has 0 aromatic rings. The molecule has 6 heteroatoms. The number of hydrogen-bond donors (Lipinski definition) is 0. The van der Waals surface area contributed by atoms with Gasteiger partial charge in [-0.1, -0.05) is 142 Å². The van der Waals surface area contributed by atoms with E-state index in [0.29, 0.717) is 0 Å². The molecule has 0 N–H and O–H groups in total. The Kier molecular flexibility index (Phi) is 45.6. The smallest absolute Gasteiger partial charge is 0.550 e. The van der Waals surface area contributed by atoms with Crippen molar-refractivity contribution in [2.24, 2.45) is 0 Å². The minimum Gasteiger partial charge on any atom is -0.550 e. The van der Waals surface area contributed by atoms with Gasteiger partial charge in [-0.2, -0.15) is 0 Å². The zero-order valence-electron chi connectivity index (χ0n) is 22.9. The number of unbranched alkanes of at least 4 members (excludes halogenated alkanes) is 20. The van der Waals surface area contributed by atoms with Gasteiger partial charge in [0.1, 0.15) is 0 Å². The van der Waals surface area contributed by atoms with Crippen LogP contribution in [0.5, 0.6) is 0 Å². The summed E-state index contributed by atoms with van der Waals surface area (Å²) in [6, 6.07) is 0. The molecule has 0 bridgehead atoms. The number of aliphatic carboxylic acids is 2. The molecule has 4 nitrogen and oxygen atoms in total. The largest absolute Gasteiger partial charge is 3.00 e. The SMILES string of the molecule is CCCCCCCCCCCCCC(=O)[O-].CCCCCCCCCCCCCC(=O)[O-].[Al+3].[Zn+2]. The first-order valence-corrected chi connectivity index (χ1v) is 13.9. The van der Waals surface area contributed by atoms with E-state index in [1.807, 2.05) is 0 Å². The van der Waals surface area contributed by atoms with E-state index in [2.05, 4.69) is 13.8 Å². The van der Waals surface area contributed by atoms with Crippen LogP contribution >= 0.6 is 0 Å². The third kappa shape index (κ3) is 45.6. The Morgan fingerprint density at radius 1 is 0.412 bits per heavy atom. The summed E-state index contributed by atoms with van der Waals surface area (Å²) in [5.74, 6) is -1.81. The Labute approximate surface area is 235 Å². The third-order valence-corrected chi connectivity index (χ3v) is 5.97. The average molecular weight is 547 g/mol. The molecule has 0 aliphatic rings. The molecular formula is C28H54AlO4Zn+3. The van der Waals surface area contributed by atoms with E-state index in [0.717, 1.165) is 25.7 Å². The van der Waals surface area contributed by atoms with Gasteiger partial charge in [-0.05, 0) is 25.7 Å². The van der Waals surface area contributed by atoms with Crippen molar-refractivity contribution in [2.45, 2.75) is 168 Å². The fourth-order valence-electron chi connectivity index (χ4n) is 3.87. The van der Waals surface area contributed by atoms with E-state index in [4.69, 9.17) is 0 Å². The molecule has 0 saturated heterocycles. The Balaban J connectivity index is -0.000000250. The number of hydrogen-bond acceptors (Lipinski definition) is 4. The summed E-state index contributed by atoms with van der Waals surface area (Å²) in [5.41, 5.74) is 0. The number of carbonyl (C=O) groups is 2. The number of carboxylic acids is 2. The fraction of sp³-hybridized carbons (Fsp3) is 0.929. The quantitative estimate of drug-likeness (QED) is 0.102. The zero-order chi connectivity index (χ0) is 24.1. The molecule has 0 heterocycles. The van der Waals surface area contributed by atoms with Gasteiger partial charge in [0.25, 0.3) is 0 Å². The monoisotopic (exact) mass is 545 g/mol. The summed E-state index contributed by atoms with van der Waals surface area (Å²) in [6.07, 6.45) is 28.1.